The van der Waals surface area contributed by atoms with E-state index in [9.17, 15) is 0 Å². The van der Waals surface area contributed by atoms with Gasteiger partial charge in [0.05, 0.1) is 13.2 Å². The van der Waals surface area contributed by atoms with Gasteiger partial charge in [-0.05, 0) is 17.7 Å². The Kier molecular flexibility index (Phi) is 8.29. The average molecular weight is 408 g/mol. The van der Waals surface area contributed by atoms with Crippen molar-refractivity contribution in [3.8, 4) is 5.75 Å². The third-order valence-electron chi connectivity index (χ3n) is 4.49. The van der Waals surface area contributed by atoms with E-state index in [-0.39, 0.29) is 0 Å². The molecule has 0 aliphatic rings. The molecule has 0 atom stereocenters. The van der Waals surface area contributed by atoms with Gasteiger partial charge in [-0.1, -0.05) is 36.4 Å². The molecular formula is C23H29N5O2. The number of hydrogen-bond donors (Lipinski definition) is 2. The van der Waals surface area contributed by atoms with Crippen LogP contribution in [0.25, 0.3) is 0 Å². The maximum Gasteiger partial charge on any atom is 0.195 e. The van der Waals surface area contributed by atoms with Gasteiger partial charge in [-0.3, -0.25) is 4.99 Å². The highest BCUT2D eigenvalue weighted by molar-refractivity contribution is 5.93. The highest BCUT2D eigenvalue weighted by Crippen LogP contribution is 2.17. The van der Waals surface area contributed by atoms with Crippen molar-refractivity contribution in [2.75, 3.05) is 32.7 Å². The van der Waals surface area contributed by atoms with Crippen LogP contribution in [0.4, 0.5) is 5.69 Å². The number of hydrogen-bond acceptors (Lipinski definition) is 4. The zero-order chi connectivity index (χ0) is 21.0. The van der Waals surface area contributed by atoms with Crippen molar-refractivity contribution in [3.05, 3.63) is 78.4 Å². The average Bonchev–Trinajstić information content (AvgIpc) is 3.22. The number of aromatic nitrogens is 2. The van der Waals surface area contributed by atoms with Gasteiger partial charge in [-0.25, -0.2) is 4.98 Å². The maximum absolute atomic E-state index is 5.76. The Morgan fingerprint density at radius 1 is 1.10 bits per heavy atom. The van der Waals surface area contributed by atoms with Gasteiger partial charge >= 0.3 is 0 Å². The fourth-order valence-electron chi connectivity index (χ4n) is 2.97. The number of benzene rings is 2. The van der Waals surface area contributed by atoms with Crippen molar-refractivity contribution in [2.24, 2.45) is 4.99 Å². The molecule has 3 aromatic rings. The van der Waals surface area contributed by atoms with Crippen molar-refractivity contribution in [1.82, 2.24) is 14.9 Å². The van der Waals surface area contributed by atoms with Crippen LogP contribution in [0, 0.1) is 0 Å². The topological polar surface area (TPSA) is 72.7 Å². The molecule has 0 radical (unpaired) electrons. The minimum absolute atomic E-state index is 0.562. The number of anilines is 1. The van der Waals surface area contributed by atoms with E-state index in [1.807, 2.05) is 54.9 Å². The second-order valence-electron chi connectivity index (χ2n) is 6.73. The Morgan fingerprint density at radius 2 is 1.97 bits per heavy atom. The van der Waals surface area contributed by atoms with Crippen LogP contribution in [0.3, 0.4) is 0 Å². The quantitative estimate of drug-likeness (QED) is 0.306. The molecule has 0 aliphatic carbocycles. The third kappa shape index (κ3) is 6.63. The molecule has 1 aromatic heterocycles. The Hall–Kier alpha value is -3.32. The fraction of sp³-hybridized carbons (Fsp3) is 0.304. The van der Waals surface area contributed by atoms with Crippen LogP contribution in [0.15, 0.2) is 72.0 Å². The highest BCUT2D eigenvalue weighted by Gasteiger charge is 2.06. The van der Waals surface area contributed by atoms with Crippen LogP contribution in [0.5, 0.6) is 5.75 Å². The van der Waals surface area contributed by atoms with E-state index >= 15 is 0 Å². The first-order valence-electron chi connectivity index (χ1n) is 10.0. The van der Waals surface area contributed by atoms with Crippen molar-refractivity contribution in [3.63, 3.8) is 0 Å². The molecule has 0 aliphatic heterocycles. The van der Waals surface area contributed by atoms with E-state index in [0.29, 0.717) is 25.7 Å². The molecule has 0 bridgehead atoms. The zero-order valence-corrected chi connectivity index (χ0v) is 17.5. The number of nitrogens with zero attached hydrogens (tertiary/aromatic N) is 3. The zero-order valence-electron chi connectivity index (χ0n) is 17.5. The van der Waals surface area contributed by atoms with Crippen molar-refractivity contribution in [2.45, 2.75) is 19.5 Å². The number of aliphatic imine (C=N–C) groups is 1. The lowest BCUT2D eigenvalue weighted by atomic mass is 10.2. The highest BCUT2D eigenvalue weighted by atomic mass is 16.5. The van der Waals surface area contributed by atoms with Crippen LogP contribution in [0.2, 0.25) is 0 Å². The summed E-state index contributed by atoms with van der Waals surface area (Å²) in [6, 6.07) is 18.2. The Bertz CT molecular complexity index is 924. The number of imidazole rings is 1. The number of methoxy groups -OCH3 is 1. The van der Waals surface area contributed by atoms with Crippen LogP contribution < -0.4 is 15.4 Å². The van der Waals surface area contributed by atoms with E-state index in [1.165, 1.54) is 5.56 Å². The van der Waals surface area contributed by atoms with E-state index < -0.39 is 0 Å². The van der Waals surface area contributed by atoms with Crippen LogP contribution in [-0.4, -0.2) is 42.9 Å². The summed E-state index contributed by atoms with van der Waals surface area (Å²) >= 11 is 0. The maximum atomic E-state index is 5.76. The van der Waals surface area contributed by atoms with E-state index in [0.717, 1.165) is 30.2 Å². The Labute approximate surface area is 177 Å². The molecule has 7 heteroatoms. The Balaban J connectivity index is 1.54. The predicted octanol–water partition coefficient (Wildman–Crippen LogP) is 3.53. The lowest BCUT2D eigenvalue weighted by molar-refractivity contribution is 0.172. The molecule has 2 aromatic carbocycles. The molecule has 7 nitrogen and oxygen atoms in total. The van der Waals surface area contributed by atoms with Crippen molar-refractivity contribution < 1.29 is 9.47 Å². The first-order valence-corrected chi connectivity index (χ1v) is 10.0. The SMILES string of the molecule is CN=C(NCc1nccn1Cc1ccccc1)Nc1cccc(OCCCOC)c1. The summed E-state index contributed by atoms with van der Waals surface area (Å²) in [5.41, 5.74) is 2.14. The van der Waals surface area contributed by atoms with Crippen molar-refractivity contribution in [1.29, 1.82) is 0 Å². The number of guanidine groups is 1. The summed E-state index contributed by atoms with van der Waals surface area (Å²) in [6.07, 6.45) is 4.66. The normalized spacial score (nSPS) is 11.3. The molecule has 3 rings (SSSR count). The van der Waals surface area contributed by atoms with E-state index in [2.05, 4.69) is 37.3 Å². The third-order valence-corrected chi connectivity index (χ3v) is 4.49. The largest absolute Gasteiger partial charge is 0.493 e. The minimum Gasteiger partial charge on any atom is -0.493 e. The molecule has 0 fully saturated rings. The summed E-state index contributed by atoms with van der Waals surface area (Å²) in [5.74, 6) is 2.42. The van der Waals surface area contributed by atoms with Gasteiger partial charge in [0.1, 0.15) is 11.6 Å². The van der Waals surface area contributed by atoms with Crippen LogP contribution >= 0.6 is 0 Å². The summed E-state index contributed by atoms with van der Waals surface area (Å²) < 4.78 is 12.9. The van der Waals surface area contributed by atoms with Crippen molar-refractivity contribution >= 4 is 11.6 Å². The van der Waals surface area contributed by atoms with Gasteiger partial charge in [-0.2, -0.15) is 0 Å². The summed E-state index contributed by atoms with van der Waals surface area (Å²) in [4.78, 5) is 8.79. The predicted molar refractivity (Wildman–Crippen MR) is 120 cm³/mol. The van der Waals surface area contributed by atoms with Gasteiger partial charge < -0.3 is 24.7 Å². The van der Waals surface area contributed by atoms with E-state index in [4.69, 9.17) is 9.47 Å². The summed E-state index contributed by atoms with van der Waals surface area (Å²) in [5, 5.41) is 6.62. The molecule has 158 valence electrons. The Morgan fingerprint density at radius 3 is 2.77 bits per heavy atom. The second-order valence-corrected chi connectivity index (χ2v) is 6.73. The molecular weight excluding hydrogens is 378 g/mol. The number of ether oxygens (including phenoxy) is 2. The monoisotopic (exact) mass is 407 g/mol. The smallest absolute Gasteiger partial charge is 0.195 e. The summed E-state index contributed by atoms with van der Waals surface area (Å²) in [7, 11) is 3.44. The molecule has 0 spiro atoms. The lowest BCUT2D eigenvalue weighted by Gasteiger charge is -2.14. The standard InChI is InChI=1S/C23H29N5O2/c1-24-23(27-20-10-6-11-21(16-20)30-15-7-14-29-2)26-17-22-25-12-13-28(22)18-19-8-4-3-5-9-19/h3-6,8-13,16H,7,14-15,17-18H2,1-2H3,(H2,24,26,27). The first-order chi connectivity index (χ1) is 14.8. The lowest BCUT2D eigenvalue weighted by Crippen LogP contribution is -2.31. The van der Waals surface area contributed by atoms with Crippen LogP contribution in [-0.2, 0) is 17.8 Å². The van der Waals surface area contributed by atoms with Gasteiger partial charge in [-0.15, -0.1) is 0 Å². The molecule has 30 heavy (non-hydrogen) atoms. The molecule has 0 amide bonds. The fourth-order valence-corrected chi connectivity index (χ4v) is 2.97. The van der Waals surface area contributed by atoms with Gasteiger partial charge in [0.15, 0.2) is 5.96 Å². The van der Waals surface area contributed by atoms with Gasteiger partial charge in [0.25, 0.3) is 0 Å². The molecule has 0 unspecified atom stereocenters. The minimum atomic E-state index is 0.562. The second kappa shape index (κ2) is 11.6. The summed E-state index contributed by atoms with van der Waals surface area (Å²) in [6.45, 7) is 2.65. The van der Waals surface area contributed by atoms with E-state index in [1.54, 1.807) is 14.2 Å². The number of rotatable bonds is 10. The first kappa shape index (κ1) is 21.4. The molecule has 1 heterocycles. The molecule has 2 N–H and O–H groups in total. The molecule has 0 saturated heterocycles. The molecule has 0 saturated carbocycles. The number of nitrogens with one attached hydrogen (secondary N) is 2. The van der Waals surface area contributed by atoms with Crippen LogP contribution in [0.1, 0.15) is 17.8 Å². The van der Waals surface area contributed by atoms with Gasteiger partial charge in [0, 0.05) is 57.9 Å². The van der Waals surface area contributed by atoms with Gasteiger partial charge in [0.2, 0.25) is 0 Å².